The maximum atomic E-state index is 11.7. The largest absolute Gasteiger partial charge is 0.452 e. The minimum Gasteiger partial charge on any atom is -0.452 e. The van der Waals surface area contributed by atoms with Crippen LogP contribution in [0, 0.1) is 6.92 Å². The van der Waals surface area contributed by atoms with Gasteiger partial charge in [0.05, 0.1) is 5.56 Å². The molecule has 0 unspecified atom stereocenters. The van der Waals surface area contributed by atoms with Gasteiger partial charge in [0.1, 0.15) is 0 Å². The lowest BCUT2D eigenvalue weighted by molar-refractivity contribution is -0.119. The van der Waals surface area contributed by atoms with Crippen molar-refractivity contribution in [3.63, 3.8) is 0 Å². The van der Waals surface area contributed by atoms with Crippen molar-refractivity contribution in [1.29, 1.82) is 0 Å². The number of ether oxygens (including phenoxy) is 1. The fourth-order valence-electron chi connectivity index (χ4n) is 1.52. The predicted molar refractivity (Wildman–Crippen MR) is 79.4 cm³/mol. The van der Waals surface area contributed by atoms with Crippen molar-refractivity contribution in [1.82, 2.24) is 0 Å². The molecule has 1 aromatic heterocycles. The molecule has 0 aliphatic carbocycles. The van der Waals surface area contributed by atoms with Gasteiger partial charge in [-0.15, -0.1) is 0 Å². The number of anilines is 1. The molecule has 0 aliphatic heterocycles. The zero-order chi connectivity index (χ0) is 14.5. The Kier molecular flexibility index (Phi) is 4.76. The quantitative estimate of drug-likeness (QED) is 0.879. The number of halogens is 1. The van der Waals surface area contributed by atoms with Crippen LogP contribution in [0.5, 0.6) is 0 Å². The van der Waals surface area contributed by atoms with Crippen LogP contribution in [-0.2, 0) is 9.53 Å². The Hall–Kier alpha value is -1.85. The van der Waals surface area contributed by atoms with Crippen LogP contribution < -0.4 is 5.32 Å². The Labute approximate surface area is 125 Å². The van der Waals surface area contributed by atoms with Crippen molar-refractivity contribution in [3.8, 4) is 0 Å². The van der Waals surface area contributed by atoms with Crippen molar-refractivity contribution < 1.29 is 14.3 Å². The smallest absolute Gasteiger partial charge is 0.339 e. The number of rotatable bonds is 4. The summed E-state index contributed by atoms with van der Waals surface area (Å²) in [5.41, 5.74) is 1.82. The van der Waals surface area contributed by atoms with Gasteiger partial charge in [0.25, 0.3) is 5.91 Å². The summed E-state index contributed by atoms with van der Waals surface area (Å²) in [6, 6.07) is 6.86. The van der Waals surface area contributed by atoms with Crippen LogP contribution in [0.1, 0.15) is 15.9 Å². The summed E-state index contributed by atoms with van der Waals surface area (Å²) in [6.07, 6.45) is 0. The molecule has 4 nitrogen and oxygen atoms in total. The Morgan fingerprint density at radius 1 is 1.35 bits per heavy atom. The van der Waals surface area contributed by atoms with Gasteiger partial charge in [-0.05, 0) is 36.1 Å². The Balaban J connectivity index is 1.90. The molecule has 0 bridgehead atoms. The summed E-state index contributed by atoms with van der Waals surface area (Å²) < 4.78 is 4.91. The van der Waals surface area contributed by atoms with E-state index in [1.165, 1.54) is 11.3 Å². The minimum absolute atomic E-state index is 0.333. The normalized spacial score (nSPS) is 10.1. The molecule has 0 radical (unpaired) electrons. The van der Waals surface area contributed by atoms with Crippen LogP contribution >= 0.6 is 22.9 Å². The predicted octanol–water partition coefficient (Wildman–Crippen LogP) is 3.51. The molecule has 6 heteroatoms. The molecule has 0 aliphatic rings. The summed E-state index contributed by atoms with van der Waals surface area (Å²) in [4.78, 5) is 23.3. The third kappa shape index (κ3) is 3.59. The maximum absolute atomic E-state index is 11.7. The molecule has 0 saturated heterocycles. The lowest BCUT2D eigenvalue weighted by Gasteiger charge is -2.09. The first-order valence-corrected chi connectivity index (χ1v) is 7.14. The van der Waals surface area contributed by atoms with E-state index in [1.54, 1.807) is 41.9 Å². The highest BCUT2D eigenvalue weighted by Gasteiger charge is 2.11. The summed E-state index contributed by atoms with van der Waals surface area (Å²) >= 11 is 7.35. The van der Waals surface area contributed by atoms with Gasteiger partial charge in [0.2, 0.25) is 0 Å². The Morgan fingerprint density at radius 3 is 2.85 bits per heavy atom. The van der Waals surface area contributed by atoms with E-state index in [0.717, 1.165) is 5.56 Å². The second-order valence-electron chi connectivity index (χ2n) is 4.05. The van der Waals surface area contributed by atoms with Gasteiger partial charge < -0.3 is 10.1 Å². The van der Waals surface area contributed by atoms with Crippen LogP contribution in [0.3, 0.4) is 0 Å². The first kappa shape index (κ1) is 14.6. The van der Waals surface area contributed by atoms with Crippen molar-refractivity contribution >= 4 is 40.5 Å². The highest BCUT2D eigenvalue weighted by atomic mass is 35.5. The second kappa shape index (κ2) is 6.54. The number of thiophene rings is 1. The molecule has 0 fully saturated rings. The number of hydrogen-bond acceptors (Lipinski definition) is 4. The number of esters is 1. The van der Waals surface area contributed by atoms with Crippen molar-refractivity contribution in [3.05, 3.63) is 51.2 Å². The first-order chi connectivity index (χ1) is 9.58. The van der Waals surface area contributed by atoms with Crippen molar-refractivity contribution in [2.24, 2.45) is 0 Å². The van der Waals surface area contributed by atoms with E-state index < -0.39 is 11.9 Å². The standard InChI is InChI=1S/C14H12ClNO3S/c1-9-11(15)3-2-4-12(9)16-13(17)7-19-14(18)10-5-6-20-8-10/h2-6,8H,7H2,1H3,(H,16,17). The van der Waals surface area contributed by atoms with Gasteiger partial charge in [0, 0.05) is 16.1 Å². The summed E-state index contributed by atoms with van der Waals surface area (Å²) in [7, 11) is 0. The molecule has 104 valence electrons. The third-order valence-corrected chi connectivity index (χ3v) is 3.73. The second-order valence-corrected chi connectivity index (χ2v) is 5.24. The van der Waals surface area contributed by atoms with Gasteiger partial charge in [-0.25, -0.2) is 4.79 Å². The average molecular weight is 310 g/mol. The number of carbonyl (C=O) groups excluding carboxylic acids is 2. The third-order valence-electron chi connectivity index (χ3n) is 2.63. The monoisotopic (exact) mass is 309 g/mol. The Morgan fingerprint density at radius 2 is 2.15 bits per heavy atom. The number of carbonyl (C=O) groups is 2. The number of nitrogens with one attached hydrogen (secondary N) is 1. The van der Waals surface area contributed by atoms with E-state index in [9.17, 15) is 9.59 Å². The molecular weight excluding hydrogens is 298 g/mol. The van der Waals surface area contributed by atoms with E-state index in [0.29, 0.717) is 16.3 Å². The number of benzene rings is 1. The average Bonchev–Trinajstić information content (AvgIpc) is 2.95. The molecule has 20 heavy (non-hydrogen) atoms. The van der Waals surface area contributed by atoms with Crippen molar-refractivity contribution in [2.45, 2.75) is 6.92 Å². The number of hydrogen-bond donors (Lipinski definition) is 1. The molecular formula is C14H12ClNO3S. The Bertz CT molecular complexity index is 625. The fraction of sp³-hybridized carbons (Fsp3) is 0.143. The zero-order valence-electron chi connectivity index (χ0n) is 10.7. The van der Waals surface area contributed by atoms with Gasteiger partial charge in [-0.3, -0.25) is 4.79 Å². The lowest BCUT2D eigenvalue weighted by atomic mass is 10.2. The highest BCUT2D eigenvalue weighted by molar-refractivity contribution is 7.08. The molecule has 0 saturated carbocycles. The molecule has 1 heterocycles. The molecule has 0 spiro atoms. The van der Waals surface area contributed by atoms with Crippen LogP contribution in [0.4, 0.5) is 5.69 Å². The molecule has 0 atom stereocenters. The maximum Gasteiger partial charge on any atom is 0.339 e. The van der Waals surface area contributed by atoms with Crippen LogP contribution in [-0.4, -0.2) is 18.5 Å². The topological polar surface area (TPSA) is 55.4 Å². The van der Waals surface area contributed by atoms with E-state index in [4.69, 9.17) is 16.3 Å². The fourth-order valence-corrected chi connectivity index (χ4v) is 2.32. The van der Waals surface area contributed by atoms with E-state index in [-0.39, 0.29) is 6.61 Å². The highest BCUT2D eigenvalue weighted by Crippen LogP contribution is 2.22. The molecule has 2 rings (SSSR count). The van der Waals surface area contributed by atoms with Gasteiger partial charge in [-0.2, -0.15) is 11.3 Å². The zero-order valence-corrected chi connectivity index (χ0v) is 12.3. The summed E-state index contributed by atoms with van der Waals surface area (Å²) in [6.45, 7) is 1.47. The summed E-state index contributed by atoms with van der Waals surface area (Å²) in [5, 5.41) is 6.66. The lowest BCUT2D eigenvalue weighted by Crippen LogP contribution is -2.21. The van der Waals surface area contributed by atoms with Crippen molar-refractivity contribution in [2.75, 3.05) is 11.9 Å². The number of amides is 1. The van der Waals surface area contributed by atoms with Crippen LogP contribution in [0.15, 0.2) is 35.0 Å². The minimum atomic E-state index is -0.510. The van der Waals surface area contributed by atoms with E-state index >= 15 is 0 Å². The van der Waals surface area contributed by atoms with Gasteiger partial charge in [0.15, 0.2) is 6.61 Å². The van der Waals surface area contributed by atoms with E-state index in [2.05, 4.69) is 5.32 Å². The first-order valence-electron chi connectivity index (χ1n) is 5.82. The van der Waals surface area contributed by atoms with Crippen LogP contribution in [0.25, 0.3) is 0 Å². The summed E-state index contributed by atoms with van der Waals surface area (Å²) in [5.74, 6) is -0.914. The molecule has 1 N–H and O–H groups in total. The molecule has 1 aromatic carbocycles. The molecule has 1 amide bonds. The van der Waals surface area contributed by atoms with Crippen LogP contribution in [0.2, 0.25) is 5.02 Å². The van der Waals surface area contributed by atoms with Gasteiger partial charge in [-0.1, -0.05) is 17.7 Å². The molecule has 2 aromatic rings. The SMILES string of the molecule is Cc1c(Cl)cccc1NC(=O)COC(=O)c1ccsc1. The van der Waals surface area contributed by atoms with E-state index in [1.807, 2.05) is 0 Å². The van der Waals surface area contributed by atoms with Gasteiger partial charge >= 0.3 is 5.97 Å².